The number of fused-ring (bicyclic) bond motifs is 1. The van der Waals surface area contributed by atoms with Gasteiger partial charge in [-0.15, -0.1) is 0 Å². The van der Waals surface area contributed by atoms with Crippen LogP contribution in [0.15, 0.2) is 24.3 Å². The Kier molecular flexibility index (Phi) is 4.81. The number of para-hydroxylation sites is 1. The Morgan fingerprint density at radius 3 is 2.62 bits per heavy atom. The summed E-state index contributed by atoms with van der Waals surface area (Å²) in [4.78, 5) is 24.3. The van der Waals surface area contributed by atoms with Crippen LogP contribution >= 0.6 is 11.6 Å². The fourth-order valence-electron chi connectivity index (χ4n) is 3.61. The van der Waals surface area contributed by atoms with Crippen molar-refractivity contribution < 1.29 is 14.7 Å². The number of aromatic nitrogens is 1. The summed E-state index contributed by atoms with van der Waals surface area (Å²) in [6, 6.07) is 7.20. The molecular weight excluding hydrogens is 328 g/mol. The summed E-state index contributed by atoms with van der Waals surface area (Å²) in [5, 5.41) is 13.6. The topological polar surface area (TPSA) is 71.3 Å². The van der Waals surface area contributed by atoms with Crippen LogP contribution in [0.2, 0.25) is 5.02 Å². The molecule has 0 bridgehead atoms. The molecule has 0 saturated heterocycles. The number of hydrogen-bond acceptors (Lipinski definition) is 2. The van der Waals surface area contributed by atoms with Gasteiger partial charge in [0.2, 0.25) is 0 Å². The summed E-state index contributed by atoms with van der Waals surface area (Å²) < 4.78 is 1.76. The highest BCUT2D eigenvalue weighted by Gasteiger charge is 2.32. The standard InChI is InChI=1S/C18H21ClN2O3/c1-21-14-10-6-5-8-12(14)15(19)16(21)17(22)20-13-9-4-2-3-7-11(13)18(23)24/h5-6,8,10-11,13H,2-4,7,9H2,1H3,(H,20,22)(H,23,24)/t11-,13+/m1/s1. The molecule has 0 radical (unpaired) electrons. The molecule has 2 atom stereocenters. The van der Waals surface area contributed by atoms with E-state index in [1.807, 2.05) is 24.3 Å². The molecule has 1 aromatic carbocycles. The van der Waals surface area contributed by atoms with Gasteiger partial charge in [-0.05, 0) is 18.9 Å². The van der Waals surface area contributed by atoms with E-state index in [4.69, 9.17) is 11.6 Å². The Bertz CT molecular complexity index is 745. The van der Waals surface area contributed by atoms with Crippen LogP contribution in [0.1, 0.15) is 42.6 Å². The second-order valence-electron chi connectivity index (χ2n) is 6.40. The average Bonchev–Trinajstić information content (AvgIpc) is 2.71. The van der Waals surface area contributed by atoms with Gasteiger partial charge in [-0.25, -0.2) is 0 Å². The first-order valence-electron chi connectivity index (χ1n) is 8.27. The molecule has 1 aromatic heterocycles. The van der Waals surface area contributed by atoms with Gasteiger partial charge in [-0.1, -0.05) is 49.1 Å². The number of carboxylic acids is 1. The number of nitrogens with zero attached hydrogens (tertiary/aromatic N) is 1. The molecule has 6 heteroatoms. The largest absolute Gasteiger partial charge is 0.481 e. The second-order valence-corrected chi connectivity index (χ2v) is 6.78. The number of hydrogen-bond donors (Lipinski definition) is 2. The molecule has 2 aromatic rings. The van der Waals surface area contributed by atoms with Crippen molar-refractivity contribution in [1.82, 2.24) is 9.88 Å². The van der Waals surface area contributed by atoms with Crippen molar-refractivity contribution in [1.29, 1.82) is 0 Å². The van der Waals surface area contributed by atoms with E-state index in [1.165, 1.54) is 0 Å². The van der Waals surface area contributed by atoms with E-state index in [0.717, 1.165) is 30.2 Å². The third-order valence-corrected chi connectivity index (χ3v) is 5.29. The first kappa shape index (κ1) is 16.8. The summed E-state index contributed by atoms with van der Waals surface area (Å²) in [5.74, 6) is -1.69. The van der Waals surface area contributed by atoms with E-state index in [1.54, 1.807) is 11.6 Å². The van der Waals surface area contributed by atoms with Crippen LogP contribution in [-0.2, 0) is 11.8 Å². The van der Waals surface area contributed by atoms with Crippen LogP contribution in [-0.4, -0.2) is 27.6 Å². The minimum atomic E-state index is -0.842. The molecule has 1 fully saturated rings. The minimum Gasteiger partial charge on any atom is -0.481 e. The van der Waals surface area contributed by atoms with Crippen LogP contribution < -0.4 is 5.32 Å². The van der Waals surface area contributed by atoms with Crippen molar-refractivity contribution in [2.75, 3.05) is 0 Å². The Balaban J connectivity index is 1.90. The van der Waals surface area contributed by atoms with Gasteiger partial charge in [0.1, 0.15) is 5.69 Å². The first-order chi connectivity index (χ1) is 11.5. The predicted molar refractivity (Wildman–Crippen MR) is 93.4 cm³/mol. The zero-order valence-corrected chi connectivity index (χ0v) is 14.3. The molecule has 128 valence electrons. The first-order valence-corrected chi connectivity index (χ1v) is 8.65. The maximum atomic E-state index is 12.8. The van der Waals surface area contributed by atoms with Crippen molar-refractivity contribution in [3.63, 3.8) is 0 Å². The summed E-state index contributed by atoms with van der Waals surface area (Å²) in [6.07, 6.45) is 4.11. The monoisotopic (exact) mass is 348 g/mol. The summed E-state index contributed by atoms with van der Waals surface area (Å²) in [5.41, 5.74) is 1.26. The van der Waals surface area contributed by atoms with E-state index >= 15 is 0 Å². The number of aryl methyl sites for hydroxylation is 1. The van der Waals surface area contributed by atoms with Gasteiger partial charge < -0.3 is 15.0 Å². The maximum absolute atomic E-state index is 12.8. The SMILES string of the molecule is Cn1c(C(=O)N[C@H]2CCCCC[C@H]2C(=O)O)c(Cl)c2ccccc21. The number of halogens is 1. The summed E-state index contributed by atoms with van der Waals surface area (Å²) >= 11 is 6.41. The van der Waals surface area contributed by atoms with Gasteiger partial charge in [-0.3, -0.25) is 9.59 Å². The quantitative estimate of drug-likeness (QED) is 0.832. The van der Waals surface area contributed by atoms with Gasteiger partial charge in [0, 0.05) is 24.0 Å². The average molecular weight is 349 g/mol. The Hall–Kier alpha value is -2.01. The molecule has 2 N–H and O–H groups in total. The van der Waals surface area contributed by atoms with Gasteiger partial charge >= 0.3 is 5.97 Å². The maximum Gasteiger partial charge on any atom is 0.308 e. The van der Waals surface area contributed by atoms with Crippen LogP contribution in [0.4, 0.5) is 0 Å². The number of carbonyl (C=O) groups is 2. The highest BCUT2D eigenvalue weighted by Crippen LogP contribution is 2.30. The molecule has 1 aliphatic carbocycles. The lowest BCUT2D eigenvalue weighted by Gasteiger charge is -2.23. The van der Waals surface area contributed by atoms with E-state index in [9.17, 15) is 14.7 Å². The number of carboxylic acid groups (broad SMARTS) is 1. The van der Waals surface area contributed by atoms with Crippen LogP contribution in [0.25, 0.3) is 10.9 Å². The summed E-state index contributed by atoms with van der Waals surface area (Å²) in [7, 11) is 1.80. The molecule has 1 saturated carbocycles. The van der Waals surface area contributed by atoms with Gasteiger partial charge in [0.15, 0.2) is 0 Å². The van der Waals surface area contributed by atoms with Crippen LogP contribution in [0.5, 0.6) is 0 Å². The fourth-order valence-corrected chi connectivity index (χ4v) is 3.98. The number of nitrogens with one attached hydrogen (secondary N) is 1. The van der Waals surface area contributed by atoms with E-state index < -0.39 is 11.9 Å². The van der Waals surface area contributed by atoms with Crippen molar-refractivity contribution in [2.45, 2.75) is 38.1 Å². The predicted octanol–water partition coefficient (Wildman–Crippen LogP) is 3.60. The van der Waals surface area contributed by atoms with Gasteiger partial charge in [-0.2, -0.15) is 0 Å². The number of benzene rings is 1. The molecule has 1 heterocycles. The smallest absolute Gasteiger partial charge is 0.308 e. The number of carbonyl (C=O) groups excluding carboxylic acids is 1. The number of amides is 1. The van der Waals surface area contributed by atoms with Crippen LogP contribution in [0, 0.1) is 5.92 Å². The minimum absolute atomic E-state index is 0.308. The highest BCUT2D eigenvalue weighted by atomic mass is 35.5. The van der Waals surface area contributed by atoms with Crippen molar-refractivity contribution in [2.24, 2.45) is 13.0 Å². The zero-order chi connectivity index (χ0) is 17.3. The van der Waals surface area contributed by atoms with Crippen molar-refractivity contribution in [3.05, 3.63) is 35.0 Å². The Morgan fingerprint density at radius 2 is 1.92 bits per heavy atom. The van der Waals surface area contributed by atoms with Crippen molar-refractivity contribution >= 4 is 34.4 Å². The second kappa shape index (κ2) is 6.85. The van der Waals surface area contributed by atoms with Gasteiger partial charge in [0.05, 0.1) is 10.9 Å². The third-order valence-electron chi connectivity index (χ3n) is 4.91. The highest BCUT2D eigenvalue weighted by molar-refractivity contribution is 6.38. The lowest BCUT2D eigenvalue weighted by Crippen LogP contribution is -2.43. The van der Waals surface area contributed by atoms with Gasteiger partial charge in [0.25, 0.3) is 5.91 Å². The molecule has 1 amide bonds. The molecule has 0 spiro atoms. The molecule has 1 aliphatic rings. The lowest BCUT2D eigenvalue weighted by atomic mass is 9.95. The molecule has 0 unspecified atom stereocenters. The lowest BCUT2D eigenvalue weighted by molar-refractivity contribution is -0.142. The molecular formula is C18H21ClN2O3. The van der Waals surface area contributed by atoms with E-state index in [2.05, 4.69) is 5.32 Å². The fraction of sp³-hybridized carbons (Fsp3) is 0.444. The molecule has 24 heavy (non-hydrogen) atoms. The Morgan fingerprint density at radius 1 is 1.21 bits per heavy atom. The molecule has 0 aliphatic heterocycles. The van der Waals surface area contributed by atoms with Crippen molar-refractivity contribution in [3.8, 4) is 0 Å². The number of rotatable bonds is 3. The number of aliphatic carboxylic acids is 1. The van der Waals surface area contributed by atoms with Crippen LogP contribution in [0.3, 0.4) is 0 Å². The van der Waals surface area contributed by atoms with E-state index in [0.29, 0.717) is 23.6 Å². The Labute approximate surface area is 145 Å². The molecule has 3 rings (SSSR count). The molecule has 5 nitrogen and oxygen atoms in total. The normalized spacial score (nSPS) is 21.4. The zero-order valence-electron chi connectivity index (χ0n) is 13.6. The third kappa shape index (κ3) is 3.00. The van der Waals surface area contributed by atoms with E-state index in [-0.39, 0.29) is 11.9 Å². The summed E-state index contributed by atoms with van der Waals surface area (Å²) in [6.45, 7) is 0.